The molecule has 5 rings (SSSR count). The van der Waals surface area contributed by atoms with Crippen LogP contribution in [0.2, 0.25) is 0 Å². The van der Waals surface area contributed by atoms with Gasteiger partial charge in [0.1, 0.15) is 0 Å². The van der Waals surface area contributed by atoms with Crippen LogP contribution < -0.4 is 14.8 Å². The van der Waals surface area contributed by atoms with Crippen molar-refractivity contribution in [3.05, 3.63) is 58.7 Å². The fraction of sp³-hybridized carbons (Fsp3) is 0.517. The van der Waals surface area contributed by atoms with Crippen molar-refractivity contribution in [1.29, 1.82) is 0 Å². The van der Waals surface area contributed by atoms with Gasteiger partial charge in [-0.1, -0.05) is 18.2 Å². The molecule has 3 aliphatic heterocycles. The van der Waals surface area contributed by atoms with E-state index in [0.29, 0.717) is 49.8 Å². The molecule has 2 amide bonds. The third kappa shape index (κ3) is 5.18. The van der Waals surface area contributed by atoms with Crippen LogP contribution in [0.25, 0.3) is 0 Å². The van der Waals surface area contributed by atoms with Crippen LogP contribution >= 0.6 is 0 Å². The number of nitrogens with one attached hydrogen (secondary N) is 1. The van der Waals surface area contributed by atoms with Gasteiger partial charge in [0.15, 0.2) is 11.5 Å². The van der Waals surface area contributed by atoms with Crippen molar-refractivity contribution in [3.63, 3.8) is 0 Å². The van der Waals surface area contributed by atoms with Crippen molar-refractivity contribution in [2.75, 3.05) is 59.2 Å². The number of hydrogen-bond donors (Lipinski definition) is 1. The van der Waals surface area contributed by atoms with Gasteiger partial charge in [0.2, 0.25) is 5.91 Å². The van der Waals surface area contributed by atoms with Crippen LogP contribution in [0.5, 0.6) is 11.5 Å². The lowest BCUT2D eigenvalue weighted by atomic mass is 9.75. The topological polar surface area (TPSA) is 80.3 Å². The van der Waals surface area contributed by atoms with Crippen LogP contribution in [0, 0.1) is 0 Å². The summed E-state index contributed by atoms with van der Waals surface area (Å²) in [6, 6.07) is 11.2. The Morgan fingerprint density at radius 3 is 2.51 bits per heavy atom. The van der Waals surface area contributed by atoms with Crippen molar-refractivity contribution < 1.29 is 23.8 Å². The summed E-state index contributed by atoms with van der Waals surface area (Å²) in [4.78, 5) is 31.6. The first-order valence-corrected chi connectivity index (χ1v) is 13.5. The van der Waals surface area contributed by atoms with Gasteiger partial charge in [-0.25, -0.2) is 0 Å². The van der Waals surface area contributed by atoms with Gasteiger partial charge in [-0.2, -0.15) is 0 Å². The molecule has 3 aliphatic rings. The van der Waals surface area contributed by atoms with E-state index in [2.05, 4.69) is 10.2 Å². The van der Waals surface area contributed by atoms with Gasteiger partial charge in [-0.15, -0.1) is 0 Å². The van der Waals surface area contributed by atoms with Crippen molar-refractivity contribution in [3.8, 4) is 11.5 Å². The predicted molar refractivity (Wildman–Crippen MR) is 140 cm³/mol. The van der Waals surface area contributed by atoms with Crippen LogP contribution in [0.15, 0.2) is 36.4 Å². The molecule has 8 nitrogen and oxygen atoms in total. The lowest BCUT2D eigenvalue weighted by Crippen LogP contribution is -2.50. The van der Waals surface area contributed by atoms with Crippen molar-refractivity contribution >= 4 is 11.8 Å². The monoisotopic (exact) mass is 507 g/mol. The summed E-state index contributed by atoms with van der Waals surface area (Å²) in [5.41, 5.74) is 3.48. The minimum atomic E-state index is -0.497. The third-order valence-corrected chi connectivity index (χ3v) is 7.52. The SMILES string of the molecule is CCOc1cc2c(cc1OCC)C1C(C(=O)NCCCN3CCOCC3)c3ccccc3C(=O)N1CC2. The molecule has 2 unspecified atom stereocenters. The van der Waals surface area contributed by atoms with Crippen molar-refractivity contribution in [2.24, 2.45) is 0 Å². The Hall–Kier alpha value is -3.10. The summed E-state index contributed by atoms with van der Waals surface area (Å²) in [5, 5.41) is 3.19. The molecule has 0 bridgehead atoms. The van der Waals surface area contributed by atoms with E-state index in [1.165, 1.54) is 0 Å². The van der Waals surface area contributed by atoms with Gasteiger partial charge < -0.3 is 24.4 Å². The third-order valence-electron chi connectivity index (χ3n) is 7.52. The smallest absolute Gasteiger partial charge is 0.254 e. The largest absolute Gasteiger partial charge is 0.490 e. The van der Waals surface area contributed by atoms with E-state index in [4.69, 9.17) is 14.2 Å². The highest BCUT2D eigenvalue weighted by Crippen LogP contribution is 2.48. The minimum absolute atomic E-state index is 0.0190. The second-order valence-corrected chi connectivity index (χ2v) is 9.72. The number of amides is 2. The van der Waals surface area contributed by atoms with E-state index in [1.807, 2.05) is 55.1 Å². The number of carbonyl (C=O) groups is 2. The normalized spacial score (nSPS) is 21.0. The zero-order chi connectivity index (χ0) is 25.8. The Bertz CT molecular complexity index is 1130. The molecule has 1 N–H and O–H groups in total. The fourth-order valence-corrected chi connectivity index (χ4v) is 5.80. The van der Waals surface area contributed by atoms with E-state index >= 15 is 0 Å². The minimum Gasteiger partial charge on any atom is -0.490 e. The maximum absolute atomic E-state index is 13.8. The molecule has 2 aromatic carbocycles. The fourth-order valence-electron chi connectivity index (χ4n) is 5.80. The first-order chi connectivity index (χ1) is 18.1. The van der Waals surface area contributed by atoms with E-state index in [1.54, 1.807) is 0 Å². The van der Waals surface area contributed by atoms with Gasteiger partial charge in [0.25, 0.3) is 5.91 Å². The highest BCUT2D eigenvalue weighted by Gasteiger charge is 2.46. The molecule has 0 saturated carbocycles. The lowest BCUT2D eigenvalue weighted by Gasteiger charge is -2.45. The van der Waals surface area contributed by atoms with Crippen LogP contribution in [-0.2, 0) is 16.0 Å². The number of fused-ring (bicyclic) bond motifs is 4. The molecular formula is C29H37N3O5. The maximum atomic E-state index is 13.8. The summed E-state index contributed by atoms with van der Waals surface area (Å²) in [6.45, 7) is 10.4. The Morgan fingerprint density at radius 1 is 1.03 bits per heavy atom. The van der Waals surface area contributed by atoms with E-state index in [0.717, 1.165) is 56.0 Å². The Morgan fingerprint density at radius 2 is 1.76 bits per heavy atom. The van der Waals surface area contributed by atoms with Gasteiger partial charge in [0.05, 0.1) is 38.4 Å². The zero-order valence-corrected chi connectivity index (χ0v) is 21.8. The number of hydrogen-bond acceptors (Lipinski definition) is 6. The molecule has 1 fully saturated rings. The number of nitrogens with zero attached hydrogens (tertiary/aromatic N) is 2. The summed E-state index contributed by atoms with van der Waals surface area (Å²) in [7, 11) is 0. The molecule has 198 valence electrons. The molecule has 37 heavy (non-hydrogen) atoms. The molecule has 3 heterocycles. The van der Waals surface area contributed by atoms with Crippen LogP contribution in [0.3, 0.4) is 0 Å². The van der Waals surface area contributed by atoms with E-state index < -0.39 is 5.92 Å². The number of ether oxygens (including phenoxy) is 3. The molecule has 0 spiro atoms. The lowest BCUT2D eigenvalue weighted by molar-refractivity contribution is -0.124. The maximum Gasteiger partial charge on any atom is 0.254 e. The van der Waals surface area contributed by atoms with Crippen LogP contribution in [0.4, 0.5) is 0 Å². The van der Waals surface area contributed by atoms with E-state index in [9.17, 15) is 9.59 Å². The summed E-state index contributed by atoms with van der Waals surface area (Å²) >= 11 is 0. The molecular weight excluding hydrogens is 470 g/mol. The number of benzene rings is 2. The van der Waals surface area contributed by atoms with Gasteiger partial charge in [0, 0.05) is 31.7 Å². The molecule has 0 aliphatic carbocycles. The molecule has 0 radical (unpaired) electrons. The zero-order valence-electron chi connectivity index (χ0n) is 21.8. The Labute approximate surface area is 218 Å². The number of carbonyl (C=O) groups excluding carboxylic acids is 2. The van der Waals surface area contributed by atoms with Crippen molar-refractivity contribution in [1.82, 2.24) is 15.1 Å². The molecule has 8 heteroatoms. The summed E-state index contributed by atoms with van der Waals surface area (Å²) in [5.74, 6) is 0.805. The predicted octanol–water partition coefficient (Wildman–Crippen LogP) is 3.16. The number of morpholine rings is 1. The second-order valence-electron chi connectivity index (χ2n) is 9.72. The number of rotatable bonds is 9. The summed E-state index contributed by atoms with van der Waals surface area (Å²) < 4.78 is 17.2. The average Bonchev–Trinajstić information content (AvgIpc) is 2.92. The Balaban J connectivity index is 1.44. The molecule has 0 aromatic heterocycles. The van der Waals surface area contributed by atoms with Gasteiger partial charge in [-0.3, -0.25) is 14.5 Å². The standard InChI is InChI=1S/C29H37N3O5/c1-3-36-24-18-20-10-13-32-27(23(20)19-25(24)37-4-2)26(21-8-5-6-9-22(21)29(32)34)28(33)30-11-7-12-31-14-16-35-17-15-31/h5-6,8-9,18-19,26-27H,3-4,7,10-17H2,1-2H3,(H,30,33). The first kappa shape index (κ1) is 25.5. The summed E-state index contributed by atoms with van der Waals surface area (Å²) in [6.07, 6.45) is 1.58. The first-order valence-electron chi connectivity index (χ1n) is 13.5. The average molecular weight is 508 g/mol. The highest BCUT2D eigenvalue weighted by atomic mass is 16.5. The molecule has 2 atom stereocenters. The van der Waals surface area contributed by atoms with Gasteiger partial charge >= 0.3 is 0 Å². The van der Waals surface area contributed by atoms with Crippen LogP contribution in [0.1, 0.15) is 59.3 Å². The second kappa shape index (κ2) is 11.5. The highest BCUT2D eigenvalue weighted by molar-refractivity contribution is 6.01. The van der Waals surface area contributed by atoms with Gasteiger partial charge in [-0.05, 0) is 68.1 Å². The van der Waals surface area contributed by atoms with E-state index in [-0.39, 0.29) is 17.9 Å². The van der Waals surface area contributed by atoms with Crippen molar-refractivity contribution in [2.45, 2.75) is 38.6 Å². The van der Waals surface area contributed by atoms with Crippen LogP contribution in [-0.4, -0.2) is 80.8 Å². The Kier molecular flexibility index (Phi) is 7.96. The molecule has 1 saturated heterocycles. The molecule has 2 aromatic rings. The quantitative estimate of drug-likeness (QED) is 0.526.